The van der Waals surface area contributed by atoms with Crippen molar-refractivity contribution in [2.24, 2.45) is 0 Å². The van der Waals surface area contributed by atoms with E-state index in [-0.39, 0.29) is 23.3 Å². The Balaban J connectivity index is 0.00000256. The van der Waals surface area contributed by atoms with Crippen molar-refractivity contribution < 1.29 is 9.18 Å². The molecule has 0 bridgehead atoms. The normalized spacial score (nSPS) is 9.59. The highest BCUT2D eigenvalue weighted by molar-refractivity contribution is 6.31. The highest BCUT2D eigenvalue weighted by Gasteiger charge is 2.04. The molecule has 17 heavy (non-hydrogen) atoms. The summed E-state index contributed by atoms with van der Waals surface area (Å²) < 4.78 is 12.8. The van der Waals surface area contributed by atoms with E-state index in [4.69, 9.17) is 11.6 Å². The summed E-state index contributed by atoms with van der Waals surface area (Å²) in [6.45, 7) is 0.789. The summed E-state index contributed by atoms with van der Waals surface area (Å²) >= 11 is 5.59. The first-order chi connectivity index (χ1) is 7.63. The minimum atomic E-state index is -0.491. The highest BCUT2D eigenvalue weighted by Crippen LogP contribution is 2.19. The van der Waals surface area contributed by atoms with Crippen molar-refractivity contribution in [3.05, 3.63) is 29.0 Å². The Kier molecular flexibility index (Phi) is 7.87. The quantitative estimate of drug-likeness (QED) is 0.815. The molecular weight excluding hydrogens is 266 g/mol. The third-order valence-electron chi connectivity index (χ3n) is 2.03. The molecule has 1 amide bonds. The largest absolute Gasteiger partial charge is 0.326 e. The van der Waals surface area contributed by atoms with Crippen LogP contribution < -0.4 is 10.6 Å². The van der Waals surface area contributed by atoms with Gasteiger partial charge in [-0.05, 0) is 38.2 Å². The number of benzene rings is 1. The van der Waals surface area contributed by atoms with E-state index in [1.165, 1.54) is 18.2 Å². The molecule has 0 aliphatic carbocycles. The number of hydrogen-bond acceptors (Lipinski definition) is 2. The van der Waals surface area contributed by atoms with Crippen molar-refractivity contribution in [1.82, 2.24) is 5.32 Å². The van der Waals surface area contributed by atoms with Gasteiger partial charge in [-0.3, -0.25) is 4.79 Å². The summed E-state index contributed by atoms with van der Waals surface area (Å²) in [5.41, 5.74) is 0.515. The second-order valence-electron chi connectivity index (χ2n) is 3.38. The fourth-order valence-corrected chi connectivity index (χ4v) is 1.40. The Hall–Kier alpha value is -0.840. The van der Waals surface area contributed by atoms with Gasteiger partial charge in [0.25, 0.3) is 0 Å². The van der Waals surface area contributed by atoms with E-state index in [0.29, 0.717) is 12.1 Å². The number of anilines is 1. The van der Waals surface area contributed by atoms with E-state index in [1.807, 2.05) is 7.05 Å². The first kappa shape index (κ1) is 16.2. The summed E-state index contributed by atoms with van der Waals surface area (Å²) in [6, 6.07) is 4.11. The summed E-state index contributed by atoms with van der Waals surface area (Å²) in [7, 11) is 1.83. The van der Waals surface area contributed by atoms with E-state index in [9.17, 15) is 9.18 Å². The molecular formula is C11H15Cl2FN2O. The lowest BCUT2D eigenvalue weighted by Crippen LogP contribution is -2.15. The minimum absolute atomic E-state index is 0. The maximum atomic E-state index is 12.8. The van der Waals surface area contributed by atoms with Crippen molar-refractivity contribution in [3.63, 3.8) is 0 Å². The van der Waals surface area contributed by atoms with Gasteiger partial charge in [0.15, 0.2) is 0 Å². The van der Waals surface area contributed by atoms with Gasteiger partial charge in [0.2, 0.25) is 5.91 Å². The van der Waals surface area contributed by atoms with E-state index in [2.05, 4.69) is 10.6 Å². The lowest BCUT2D eigenvalue weighted by Gasteiger charge is -2.05. The number of amides is 1. The molecule has 0 atom stereocenters. The Bertz CT molecular complexity index is 374. The van der Waals surface area contributed by atoms with Crippen LogP contribution in [0.1, 0.15) is 12.8 Å². The zero-order chi connectivity index (χ0) is 12.0. The zero-order valence-electron chi connectivity index (χ0n) is 9.43. The number of rotatable bonds is 5. The van der Waals surface area contributed by atoms with E-state index >= 15 is 0 Å². The third kappa shape index (κ3) is 5.86. The molecule has 1 rings (SSSR count). The van der Waals surface area contributed by atoms with Gasteiger partial charge in [-0.2, -0.15) is 0 Å². The molecule has 0 aliphatic heterocycles. The molecule has 0 saturated heterocycles. The summed E-state index contributed by atoms with van der Waals surface area (Å²) in [4.78, 5) is 11.4. The van der Waals surface area contributed by atoms with Crippen LogP contribution in [-0.2, 0) is 4.79 Å². The standard InChI is InChI=1S/C11H14ClFN2O.ClH/c1-14-6-2-3-11(16)15-8-4-5-10(13)9(12)7-8;/h4-5,7,14H,2-3,6H2,1H3,(H,15,16);1H. The summed E-state index contributed by atoms with van der Waals surface area (Å²) in [5, 5.41) is 5.61. The predicted octanol–water partition coefficient (Wildman–Crippen LogP) is 2.84. The monoisotopic (exact) mass is 280 g/mol. The van der Waals surface area contributed by atoms with Gasteiger partial charge in [0, 0.05) is 12.1 Å². The molecule has 0 fully saturated rings. The fourth-order valence-electron chi connectivity index (χ4n) is 1.22. The van der Waals surface area contributed by atoms with Crippen LogP contribution in [0.2, 0.25) is 5.02 Å². The van der Waals surface area contributed by atoms with E-state index < -0.39 is 5.82 Å². The Labute approximate surface area is 111 Å². The highest BCUT2D eigenvalue weighted by atomic mass is 35.5. The van der Waals surface area contributed by atoms with Crippen LogP contribution in [0.5, 0.6) is 0 Å². The van der Waals surface area contributed by atoms with Crippen molar-refractivity contribution in [2.75, 3.05) is 18.9 Å². The number of carbonyl (C=O) groups excluding carboxylic acids is 1. The van der Waals surface area contributed by atoms with Crippen molar-refractivity contribution >= 4 is 35.6 Å². The maximum absolute atomic E-state index is 12.8. The van der Waals surface area contributed by atoms with Crippen molar-refractivity contribution in [2.45, 2.75) is 12.8 Å². The van der Waals surface area contributed by atoms with Gasteiger partial charge in [0.1, 0.15) is 5.82 Å². The average molecular weight is 281 g/mol. The van der Waals surface area contributed by atoms with Crippen molar-refractivity contribution in [1.29, 1.82) is 0 Å². The topological polar surface area (TPSA) is 41.1 Å². The Morgan fingerprint density at radius 1 is 1.47 bits per heavy atom. The molecule has 96 valence electrons. The number of nitrogens with one attached hydrogen (secondary N) is 2. The second-order valence-corrected chi connectivity index (χ2v) is 3.79. The van der Waals surface area contributed by atoms with Crippen LogP contribution in [0.4, 0.5) is 10.1 Å². The molecule has 6 heteroatoms. The summed E-state index contributed by atoms with van der Waals surface area (Å²) in [6.07, 6.45) is 1.19. The molecule has 0 saturated carbocycles. The third-order valence-corrected chi connectivity index (χ3v) is 2.32. The van der Waals surface area contributed by atoms with Gasteiger partial charge >= 0.3 is 0 Å². The average Bonchev–Trinajstić information content (AvgIpc) is 2.24. The predicted molar refractivity (Wildman–Crippen MR) is 70.4 cm³/mol. The molecule has 0 unspecified atom stereocenters. The van der Waals surface area contributed by atoms with Gasteiger partial charge in [-0.1, -0.05) is 11.6 Å². The van der Waals surface area contributed by atoms with Crippen molar-refractivity contribution in [3.8, 4) is 0 Å². The molecule has 2 N–H and O–H groups in total. The molecule has 1 aromatic rings. The number of carbonyl (C=O) groups is 1. The molecule has 1 aromatic carbocycles. The molecule has 0 spiro atoms. The van der Waals surface area contributed by atoms with Crippen LogP contribution in [-0.4, -0.2) is 19.5 Å². The fraction of sp³-hybridized carbons (Fsp3) is 0.364. The Morgan fingerprint density at radius 3 is 2.76 bits per heavy atom. The molecule has 0 aliphatic rings. The van der Waals surface area contributed by atoms with Gasteiger partial charge in [0.05, 0.1) is 5.02 Å². The first-order valence-corrected chi connectivity index (χ1v) is 5.41. The second kappa shape index (κ2) is 8.28. The molecule has 0 heterocycles. The van der Waals surface area contributed by atoms with Gasteiger partial charge in [-0.25, -0.2) is 4.39 Å². The SMILES string of the molecule is CNCCCC(=O)Nc1ccc(F)c(Cl)c1.Cl. The van der Waals surface area contributed by atoms with Crippen LogP contribution in [0, 0.1) is 5.82 Å². The van der Waals surface area contributed by atoms with Crippen LogP contribution in [0.3, 0.4) is 0 Å². The van der Waals surface area contributed by atoms with E-state index in [1.54, 1.807) is 0 Å². The number of hydrogen-bond donors (Lipinski definition) is 2. The van der Waals surface area contributed by atoms with E-state index in [0.717, 1.165) is 13.0 Å². The lowest BCUT2D eigenvalue weighted by atomic mass is 10.2. The Morgan fingerprint density at radius 2 is 2.18 bits per heavy atom. The minimum Gasteiger partial charge on any atom is -0.326 e. The maximum Gasteiger partial charge on any atom is 0.224 e. The van der Waals surface area contributed by atoms with Crippen LogP contribution in [0.15, 0.2) is 18.2 Å². The molecule has 0 aromatic heterocycles. The van der Waals surface area contributed by atoms with Crippen LogP contribution in [0.25, 0.3) is 0 Å². The smallest absolute Gasteiger partial charge is 0.224 e. The van der Waals surface area contributed by atoms with Gasteiger partial charge in [-0.15, -0.1) is 12.4 Å². The molecule has 0 radical (unpaired) electrons. The molecule has 3 nitrogen and oxygen atoms in total. The summed E-state index contributed by atoms with van der Waals surface area (Å²) in [5.74, 6) is -0.590. The number of halogens is 3. The zero-order valence-corrected chi connectivity index (χ0v) is 11.0. The lowest BCUT2D eigenvalue weighted by molar-refractivity contribution is -0.116. The van der Waals surface area contributed by atoms with Crippen LogP contribution >= 0.6 is 24.0 Å². The first-order valence-electron chi connectivity index (χ1n) is 5.03. The van der Waals surface area contributed by atoms with Gasteiger partial charge < -0.3 is 10.6 Å².